The Labute approximate surface area is 152 Å². The van der Waals surface area contributed by atoms with Gasteiger partial charge in [0.05, 0.1) is 7.11 Å². The second-order valence-corrected chi connectivity index (χ2v) is 8.19. The number of hydrogen-bond donors (Lipinski definition) is 1. The fraction of sp³-hybridized carbons (Fsp3) is 0.412. The summed E-state index contributed by atoms with van der Waals surface area (Å²) in [4.78, 5) is 14.2. The van der Waals surface area contributed by atoms with E-state index in [2.05, 4.69) is 10.2 Å². The van der Waals surface area contributed by atoms with Crippen molar-refractivity contribution in [1.29, 1.82) is 0 Å². The van der Waals surface area contributed by atoms with Crippen LogP contribution in [0.2, 0.25) is 0 Å². The molecule has 2 heterocycles. The van der Waals surface area contributed by atoms with Crippen LogP contribution in [0.4, 0.5) is 0 Å². The van der Waals surface area contributed by atoms with E-state index < -0.39 is 10.0 Å². The van der Waals surface area contributed by atoms with Gasteiger partial charge in [-0.1, -0.05) is 6.07 Å². The van der Waals surface area contributed by atoms with E-state index in [1.54, 1.807) is 29.2 Å². The highest BCUT2D eigenvalue weighted by molar-refractivity contribution is 7.89. The number of nitrogens with zero attached hydrogens (tertiary/aromatic N) is 3. The SMILES string of the molecule is COc1ccc(C)cc1S(=O)(=O)N1CCN(C(=O)c2cc(C)[nH]n2)CC1. The molecule has 0 bridgehead atoms. The molecular weight excluding hydrogens is 356 g/mol. The minimum atomic E-state index is -3.69. The molecule has 2 aromatic rings. The normalized spacial score (nSPS) is 15.9. The summed E-state index contributed by atoms with van der Waals surface area (Å²) in [6.45, 7) is 4.75. The molecule has 3 rings (SSSR count). The van der Waals surface area contributed by atoms with E-state index in [0.717, 1.165) is 11.3 Å². The first kappa shape index (κ1) is 18.4. The molecule has 1 saturated heterocycles. The highest BCUT2D eigenvalue weighted by atomic mass is 32.2. The van der Waals surface area contributed by atoms with Crippen LogP contribution in [0, 0.1) is 13.8 Å². The zero-order valence-corrected chi connectivity index (χ0v) is 15.8. The van der Waals surface area contributed by atoms with Gasteiger partial charge in [0.25, 0.3) is 5.91 Å². The first-order chi connectivity index (χ1) is 12.3. The molecule has 1 fully saturated rings. The van der Waals surface area contributed by atoms with Gasteiger partial charge in [-0.15, -0.1) is 0 Å². The summed E-state index contributed by atoms with van der Waals surface area (Å²) >= 11 is 0. The summed E-state index contributed by atoms with van der Waals surface area (Å²) in [5.74, 6) is 0.126. The van der Waals surface area contributed by atoms with Crippen molar-refractivity contribution in [1.82, 2.24) is 19.4 Å². The maximum absolute atomic E-state index is 13.0. The number of methoxy groups -OCH3 is 1. The maximum Gasteiger partial charge on any atom is 0.274 e. The molecule has 0 spiro atoms. The average Bonchev–Trinajstić information content (AvgIpc) is 3.07. The predicted octanol–water partition coefficient (Wildman–Crippen LogP) is 1.18. The van der Waals surface area contributed by atoms with Crippen LogP contribution < -0.4 is 4.74 Å². The number of benzene rings is 1. The van der Waals surface area contributed by atoms with E-state index in [-0.39, 0.29) is 23.9 Å². The van der Waals surface area contributed by atoms with Gasteiger partial charge in [-0.05, 0) is 37.6 Å². The third kappa shape index (κ3) is 3.45. The van der Waals surface area contributed by atoms with Crippen LogP contribution in [0.3, 0.4) is 0 Å². The molecule has 0 saturated carbocycles. The lowest BCUT2D eigenvalue weighted by atomic mass is 10.2. The summed E-state index contributed by atoms with van der Waals surface area (Å²) in [5.41, 5.74) is 1.99. The molecule has 1 aliphatic rings. The number of aryl methyl sites for hydroxylation is 2. The van der Waals surface area contributed by atoms with Crippen LogP contribution in [-0.4, -0.2) is 67.0 Å². The van der Waals surface area contributed by atoms with Gasteiger partial charge in [0.2, 0.25) is 10.0 Å². The monoisotopic (exact) mass is 378 g/mol. The van der Waals surface area contributed by atoms with Crippen molar-refractivity contribution >= 4 is 15.9 Å². The second-order valence-electron chi connectivity index (χ2n) is 6.29. The lowest BCUT2D eigenvalue weighted by molar-refractivity contribution is 0.0692. The zero-order chi connectivity index (χ0) is 18.9. The molecule has 1 aromatic heterocycles. The van der Waals surface area contributed by atoms with E-state index >= 15 is 0 Å². The Balaban J connectivity index is 1.75. The van der Waals surface area contributed by atoms with Gasteiger partial charge in [-0.3, -0.25) is 9.89 Å². The van der Waals surface area contributed by atoms with Gasteiger partial charge in [-0.2, -0.15) is 9.40 Å². The molecule has 1 aliphatic heterocycles. The molecule has 1 aromatic carbocycles. The van der Waals surface area contributed by atoms with Crippen molar-refractivity contribution in [2.24, 2.45) is 0 Å². The van der Waals surface area contributed by atoms with Crippen LogP contribution in [0.15, 0.2) is 29.2 Å². The van der Waals surface area contributed by atoms with Crippen LogP contribution >= 0.6 is 0 Å². The van der Waals surface area contributed by atoms with Crippen molar-refractivity contribution in [2.75, 3.05) is 33.3 Å². The van der Waals surface area contributed by atoms with E-state index in [1.807, 2.05) is 13.8 Å². The van der Waals surface area contributed by atoms with Crippen molar-refractivity contribution in [3.05, 3.63) is 41.2 Å². The third-order valence-corrected chi connectivity index (χ3v) is 6.31. The van der Waals surface area contributed by atoms with Gasteiger partial charge in [0.15, 0.2) is 0 Å². The number of carbonyl (C=O) groups is 1. The Hall–Kier alpha value is -2.39. The largest absolute Gasteiger partial charge is 0.495 e. The highest BCUT2D eigenvalue weighted by Gasteiger charge is 2.32. The molecular formula is C17H22N4O4S. The van der Waals surface area contributed by atoms with Crippen LogP contribution in [-0.2, 0) is 10.0 Å². The second kappa shape index (κ2) is 7.08. The molecule has 9 heteroatoms. The Morgan fingerprint density at radius 2 is 1.85 bits per heavy atom. The number of carbonyl (C=O) groups excluding carboxylic acids is 1. The molecule has 140 valence electrons. The number of ether oxygens (including phenoxy) is 1. The van der Waals surface area contributed by atoms with Gasteiger partial charge in [-0.25, -0.2) is 8.42 Å². The molecule has 8 nitrogen and oxygen atoms in total. The fourth-order valence-electron chi connectivity index (χ4n) is 2.95. The van der Waals surface area contributed by atoms with E-state index in [4.69, 9.17) is 4.74 Å². The number of piperazine rings is 1. The Morgan fingerprint density at radius 1 is 1.15 bits per heavy atom. The van der Waals surface area contributed by atoms with Gasteiger partial charge < -0.3 is 9.64 Å². The first-order valence-corrected chi connectivity index (χ1v) is 9.73. The van der Waals surface area contributed by atoms with Crippen molar-refractivity contribution in [2.45, 2.75) is 18.7 Å². The zero-order valence-electron chi connectivity index (χ0n) is 15.0. The van der Waals surface area contributed by atoms with Gasteiger partial charge in [0, 0.05) is 31.9 Å². The number of aromatic nitrogens is 2. The maximum atomic E-state index is 13.0. The van der Waals surface area contributed by atoms with Crippen LogP contribution in [0.1, 0.15) is 21.7 Å². The molecule has 1 N–H and O–H groups in total. The van der Waals surface area contributed by atoms with E-state index in [0.29, 0.717) is 24.5 Å². The summed E-state index contributed by atoms with van der Waals surface area (Å²) in [6, 6.07) is 6.75. The van der Waals surface area contributed by atoms with Gasteiger partial charge >= 0.3 is 0 Å². The quantitative estimate of drug-likeness (QED) is 0.862. The van der Waals surface area contributed by atoms with Crippen molar-refractivity contribution < 1.29 is 17.9 Å². The number of sulfonamides is 1. The third-order valence-electron chi connectivity index (χ3n) is 4.39. The smallest absolute Gasteiger partial charge is 0.274 e. The summed E-state index contributed by atoms with van der Waals surface area (Å²) < 4.78 is 32.6. The Morgan fingerprint density at radius 3 is 2.42 bits per heavy atom. The molecule has 0 aliphatic carbocycles. The Bertz CT molecular complexity index is 915. The lowest BCUT2D eigenvalue weighted by Crippen LogP contribution is -2.50. The van der Waals surface area contributed by atoms with Crippen LogP contribution in [0.25, 0.3) is 0 Å². The molecule has 0 radical (unpaired) electrons. The van der Waals surface area contributed by atoms with Gasteiger partial charge in [0.1, 0.15) is 16.3 Å². The minimum absolute atomic E-state index is 0.155. The number of hydrogen-bond acceptors (Lipinski definition) is 5. The summed E-state index contributed by atoms with van der Waals surface area (Å²) in [7, 11) is -2.24. The Kier molecular flexibility index (Phi) is 5.01. The topological polar surface area (TPSA) is 95.6 Å². The minimum Gasteiger partial charge on any atom is -0.495 e. The summed E-state index contributed by atoms with van der Waals surface area (Å²) in [6.07, 6.45) is 0. The number of nitrogens with one attached hydrogen (secondary N) is 1. The lowest BCUT2D eigenvalue weighted by Gasteiger charge is -2.33. The van der Waals surface area contributed by atoms with E-state index in [1.165, 1.54) is 11.4 Å². The first-order valence-electron chi connectivity index (χ1n) is 8.29. The molecule has 0 unspecified atom stereocenters. The van der Waals surface area contributed by atoms with Crippen molar-refractivity contribution in [3.63, 3.8) is 0 Å². The molecule has 1 amide bonds. The number of rotatable bonds is 4. The average molecular weight is 378 g/mol. The summed E-state index contributed by atoms with van der Waals surface area (Å²) in [5, 5.41) is 6.72. The predicted molar refractivity (Wildman–Crippen MR) is 95.7 cm³/mol. The molecule has 26 heavy (non-hydrogen) atoms. The fourth-order valence-corrected chi connectivity index (χ4v) is 4.61. The number of amides is 1. The van der Waals surface area contributed by atoms with Crippen molar-refractivity contribution in [3.8, 4) is 5.75 Å². The number of aromatic amines is 1. The highest BCUT2D eigenvalue weighted by Crippen LogP contribution is 2.28. The van der Waals surface area contributed by atoms with E-state index in [9.17, 15) is 13.2 Å². The molecule has 0 atom stereocenters. The number of H-pyrrole nitrogens is 1. The van der Waals surface area contributed by atoms with Crippen LogP contribution in [0.5, 0.6) is 5.75 Å². The standard InChI is InChI=1S/C17H22N4O4S/c1-12-4-5-15(25-3)16(10-12)26(23,24)21-8-6-20(7-9-21)17(22)14-11-13(2)18-19-14/h4-5,10-11H,6-9H2,1-3H3,(H,18,19).